The molecular weight excluding hydrogens is 258 g/mol. The van der Waals surface area contributed by atoms with Crippen molar-refractivity contribution in [3.63, 3.8) is 0 Å². The highest BCUT2D eigenvalue weighted by atomic mass is 16.6. The van der Waals surface area contributed by atoms with Gasteiger partial charge in [-0.05, 0) is 33.2 Å². The average Bonchev–Trinajstić information content (AvgIpc) is 2.36. The van der Waals surface area contributed by atoms with Crippen molar-refractivity contribution in [2.45, 2.75) is 45.2 Å². The van der Waals surface area contributed by atoms with E-state index in [-0.39, 0.29) is 6.42 Å². The number of aliphatic carboxylic acids is 1. The third-order valence-electron chi connectivity index (χ3n) is 2.50. The summed E-state index contributed by atoms with van der Waals surface area (Å²) in [5.41, 5.74) is -1.71. The van der Waals surface area contributed by atoms with E-state index in [1.165, 1.54) is 0 Å². The summed E-state index contributed by atoms with van der Waals surface area (Å²) >= 11 is 0. The van der Waals surface area contributed by atoms with E-state index in [1.54, 1.807) is 45.0 Å². The molecule has 1 rings (SSSR count). The molecule has 1 atom stereocenters. The zero-order valence-corrected chi connectivity index (χ0v) is 12.0. The maximum atomic E-state index is 11.8. The van der Waals surface area contributed by atoms with Crippen LogP contribution >= 0.6 is 0 Å². The monoisotopic (exact) mass is 280 g/mol. The summed E-state index contributed by atoms with van der Waals surface area (Å²) in [6.45, 7) is 4.57. The van der Waals surface area contributed by atoms with E-state index in [9.17, 15) is 14.7 Å². The van der Waals surface area contributed by atoms with Crippen LogP contribution in [0.3, 0.4) is 0 Å². The number of carbonyl (C=O) groups is 2. The van der Waals surface area contributed by atoms with Crippen molar-refractivity contribution in [1.82, 2.24) is 5.32 Å². The number of rotatable bonds is 4. The Bertz CT molecular complexity index is 498. The van der Waals surface area contributed by atoms with Crippen LogP contribution in [0.4, 0.5) is 4.79 Å². The molecule has 0 radical (unpaired) electrons. The first-order valence-electron chi connectivity index (χ1n) is 6.97. The van der Waals surface area contributed by atoms with Gasteiger partial charge in [0.1, 0.15) is 11.1 Å². The largest absolute Gasteiger partial charge is 0.480 e. The quantitative estimate of drug-likeness (QED) is 0.889. The number of nitrogens with one attached hydrogen (secondary N) is 1. The second kappa shape index (κ2) is 5.94. The van der Waals surface area contributed by atoms with Gasteiger partial charge < -0.3 is 15.2 Å². The van der Waals surface area contributed by atoms with Crippen molar-refractivity contribution in [1.29, 1.82) is 0 Å². The van der Waals surface area contributed by atoms with Crippen LogP contribution in [0.5, 0.6) is 0 Å². The maximum Gasteiger partial charge on any atom is 0.408 e. The Labute approximate surface area is 120 Å². The van der Waals surface area contributed by atoms with Crippen molar-refractivity contribution in [3.8, 4) is 0 Å². The van der Waals surface area contributed by atoms with E-state index in [0.717, 1.165) is 5.56 Å². The molecule has 0 aliphatic heterocycles. The molecule has 0 unspecified atom stereocenters. The van der Waals surface area contributed by atoms with Gasteiger partial charge in [0.2, 0.25) is 0 Å². The van der Waals surface area contributed by atoms with Crippen molar-refractivity contribution >= 4 is 12.1 Å². The number of carbonyl (C=O) groups excluding carboxylic acids is 1. The highest BCUT2D eigenvalue weighted by Crippen LogP contribution is 2.15. The molecule has 0 saturated heterocycles. The second-order valence-corrected chi connectivity index (χ2v) is 5.68. The molecule has 0 saturated carbocycles. The van der Waals surface area contributed by atoms with E-state index in [4.69, 9.17) is 6.11 Å². The van der Waals surface area contributed by atoms with Crippen LogP contribution in [-0.4, -0.2) is 28.3 Å². The third-order valence-corrected chi connectivity index (χ3v) is 2.50. The van der Waals surface area contributed by atoms with Crippen LogP contribution in [0, 0.1) is 0 Å². The molecule has 20 heavy (non-hydrogen) atoms. The summed E-state index contributed by atoms with van der Waals surface area (Å²) in [7, 11) is 0. The van der Waals surface area contributed by atoms with E-state index >= 15 is 0 Å². The Morgan fingerprint density at radius 3 is 2.35 bits per heavy atom. The molecule has 1 aromatic carbocycles. The number of hydrogen-bond acceptors (Lipinski definition) is 3. The summed E-state index contributed by atoms with van der Waals surface area (Å²) < 4.78 is 12.6. The highest BCUT2D eigenvalue weighted by Gasteiger charge is 2.36. The first-order chi connectivity index (χ1) is 9.68. The number of ether oxygens (including phenoxy) is 1. The van der Waals surface area contributed by atoms with Gasteiger partial charge in [-0.2, -0.15) is 0 Å². The lowest BCUT2D eigenvalue weighted by Gasteiger charge is -2.28. The molecule has 2 N–H and O–H groups in total. The Kier molecular flexibility index (Phi) is 4.27. The van der Waals surface area contributed by atoms with E-state index in [0.29, 0.717) is 0 Å². The summed E-state index contributed by atoms with van der Waals surface area (Å²) in [5.74, 6) is -1.26. The van der Waals surface area contributed by atoms with Crippen LogP contribution in [0.2, 0.25) is 0 Å². The molecular formula is C15H21NO4. The van der Waals surface area contributed by atoms with Crippen LogP contribution in [0.15, 0.2) is 30.3 Å². The van der Waals surface area contributed by atoms with Crippen LogP contribution in [-0.2, 0) is 16.0 Å². The van der Waals surface area contributed by atoms with Gasteiger partial charge >= 0.3 is 12.1 Å². The molecule has 1 amide bonds. The van der Waals surface area contributed by atoms with Crippen molar-refractivity contribution < 1.29 is 20.8 Å². The Balaban J connectivity index is 2.94. The van der Waals surface area contributed by atoms with Gasteiger partial charge in [-0.1, -0.05) is 30.3 Å². The minimum absolute atomic E-state index is 0.0198. The Morgan fingerprint density at radius 2 is 1.90 bits per heavy atom. The minimum atomic E-state index is -1.70. The number of amides is 1. The summed E-state index contributed by atoms with van der Waals surface area (Å²) in [5, 5.41) is 11.8. The molecule has 0 heterocycles. The van der Waals surface area contributed by atoms with Gasteiger partial charge in [0.15, 0.2) is 0 Å². The fourth-order valence-electron chi connectivity index (χ4n) is 1.62. The lowest BCUT2D eigenvalue weighted by Crippen LogP contribution is -2.54. The predicted octanol–water partition coefficient (Wildman–Crippen LogP) is 2.60. The summed E-state index contributed by atoms with van der Waals surface area (Å²) in [6, 6.07) is 8.88. The maximum absolute atomic E-state index is 11.8. The molecule has 0 aliphatic carbocycles. The predicted molar refractivity (Wildman–Crippen MR) is 75.6 cm³/mol. The highest BCUT2D eigenvalue weighted by molar-refractivity contribution is 5.84. The normalized spacial score (nSPS) is 14.8. The van der Waals surface area contributed by atoms with E-state index in [2.05, 4.69) is 5.32 Å². The first-order valence-corrected chi connectivity index (χ1v) is 6.26. The lowest BCUT2D eigenvalue weighted by molar-refractivity contribution is -0.144. The molecule has 110 valence electrons. The van der Waals surface area contributed by atoms with Gasteiger partial charge in [0.05, 0.1) is 0 Å². The number of hydrogen-bond donors (Lipinski definition) is 2. The van der Waals surface area contributed by atoms with Crippen LogP contribution in [0.1, 0.15) is 34.6 Å². The first kappa shape index (κ1) is 14.4. The third kappa shape index (κ3) is 4.91. The van der Waals surface area contributed by atoms with E-state index in [1.807, 2.05) is 6.07 Å². The van der Waals surface area contributed by atoms with Crippen molar-refractivity contribution in [2.75, 3.05) is 0 Å². The zero-order chi connectivity index (χ0) is 16.1. The molecule has 1 aromatic rings. The van der Waals surface area contributed by atoms with Crippen molar-refractivity contribution in [2.24, 2.45) is 0 Å². The number of carboxylic acid groups (broad SMARTS) is 1. The van der Waals surface area contributed by atoms with Gasteiger partial charge in [-0.3, -0.25) is 0 Å². The Morgan fingerprint density at radius 1 is 1.30 bits per heavy atom. The SMILES string of the molecule is [2H]C[C@@](Cc1ccccc1)(NC(=O)OC(C)(C)C)C(=O)O. The topological polar surface area (TPSA) is 75.6 Å². The van der Waals surface area contributed by atoms with Gasteiger partial charge in [-0.25, -0.2) is 9.59 Å². The average molecular weight is 280 g/mol. The summed E-state index contributed by atoms with van der Waals surface area (Å²) in [4.78, 5) is 23.4. The standard InChI is InChI=1S/C15H21NO4/c1-14(2,3)20-13(19)16-15(4,12(17)18)10-11-8-6-5-7-9-11/h5-9H,10H2,1-4H3,(H,16,19)(H,17,18)/t15-/m0/s1/i4D. The fraction of sp³-hybridized carbons (Fsp3) is 0.467. The van der Waals surface area contributed by atoms with Crippen molar-refractivity contribution in [3.05, 3.63) is 35.9 Å². The molecule has 0 fully saturated rings. The van der Waals surface area contributed by atoms with E-state index < -0.39 is 30.1 Å². The Hall–Kier alpha value is -2.04. The fourth-order valence-corrected chi connectivity index (χ4v) is 1.62. The zero-order valence-electron chi connectivity index (χ0n) is 13.0. The molecule has 0 spiro atoms. The summed E-state index contributed by atoms with van der Waals surface area (Å²) in [6.07, 6.45) is -0.820. The van der Waals surface area contributed by atoms with Gasteiger partial charge in [0, 0.05) is 7.79 Å². The number of benzene rings is 1. The van der Waals surface area contributed by atoms with Crippen LogP contribution < -0.4 is 5.32 Å². The molecule has 5 nitrogen and oxygen atoms in total. The lowest BCUT2D eigenvalue weighted by atomic mass is 9.93. The molecule has 0 aliphatic rings. The van der Waals surface area contributed by atoms with Gasteiger partial charge in [0.25, 0.3) is 0 Å². The number of carboxylic acids is 1. The molecule has 0 bridgehead atoms. The minimum Gasteiger partial charge on any atom is -0.480 e. The number of alkyl carbamates (subject to hydrolysis) is 1. The van der Waals surface area contributed by atoms with Crippen LogP contribution in [0.25, 0.3) is 0 Å². The molecule has 5 heteroatoms. The second-order valence-electron chi connectivity index (χ2n) is 5.68. The van der Waals surface area contributed by atoms with Gasteiger partial charge in [-0.15, -0.1) is 0 Å². The molecule has 0 aromatic heterocycles. The smallest absolute Gasteiger partial charge is 0.408 e.